The van der Waals surface area contributed by atoms with Gasteiger partial charge in [-0.3, -0.25) is 4.79 Å². The predicted molar refractivity (Wildman–Crippen MR) is 88.1 cm³/mol. The third kappa shape index (κ3) is 4.86. The molecule has 0 aliphatic carbocycles. The van der Waals surface area contributed by atoms with Crippen molar-refractivity contribution in [3.63, 3.8) is 0 Å². The first-order valence-corrected chi connectivity index (χ1v) is 7.70. The molecule has 1 aromatic heterocycles. The summed E-state index contributed by atoms with van der Waals surface area (Å²) >= 11 is 1.31. The van der Waals surface area contributed by atoms with Crippen LogP contribution in [-0.2, 0) is 4.79 Å². The number of nitrogens with zero attached hydrogens (tertiary/aromatic N) is 3. The second-order valence-electron chi connectivity index (χ2n) is 4.44. The molecule has 1 aromatic carbocycles. The van der Waals surface area contributed by atoms with Crippen molar-refractivity contribution in [1.82, 2.24) is 9.97 Å². The number of nitrogens with two attached hydrogens (primary N) is 1. The number of hydrogen-bond donors (Lipinski definition) is 2. The Balaban J connectivity index is 1.80. The van der Waals surface area contributed by atoms with E-state index in [0.29, 0.717) is 23.0 Å². The summed E-state index contributed by atoms with van der Waals surface area (Å²) < 4.78 is 5.05. The van der Waals surface area contributed by atoms with Crippen LogP contribution < -0.4 is 15.8 Å². The lowest BCUT2D eigenvalue weighted by molar-refractivity contribution is -0.115. The van der Waals surface area contributed by atoms with Gasteiger partial charge in [0.2, 0.25) is 5.91 Å². The molecule has 0 unspecified atom stereocenters. The van der Waals surface area contributed by atoms with Crippen molar-refractivity contribution in [3.05, 3.63) is 36.0 Å². The predicted octanol–water partition coefficient (Wildman–Crippen LogP) is 2.06. The van der Waals surface area contributed by atoms with Gasteiger partial charge in [-0.1, -0.05) is 11.8 Å². The minimum Gasteiger partial charge on any atom is -0.497 e. The summed E-state index contributed by atoms with van der Waals surface area (Å²) in [5.41, 5.74) is 6.56. The van der Waals surface area contributed by atoms with E-state index in [1.807, 2.05) is 6.07 Å². The first-order valence-electron chi connectivity index (χ1n) is 6.71. The number of rotatable bonds is 6. The molecule has 0 spiro atoms. The Morgan fingerprint density at radius 2 is 2.17 bits per heavy atom. The molecule has 8 heteroatoms. The van der Waals surface area contributed by atoms with Crippen LogP contribution in [0.15, 0.2) is 35.6 Å². The minimum absolute atomic E-state index is 0.107. The van der Waals surface area contributed by atoms with E-state index in [1.54, 1.807) is 31.4 Å². The molecule has 1 heterocycles. The molecule has 7 nitrogen and oxygen atoms in total. The smallest absolute Gasteiger partial charge is 0.225 e. The standard InChI is InChI=1S/C15H15N5O2S/c1-22-12-4-2-11(3-5-12)19-13(21)6-7-23-15-18-9-10(8-16)14(17)20-15/h2-5,9H,6-7H2,1H3,(H,19,21)(H2,17,18,20). The average Bonchev–Trinajstić information content (AvgIpc) is 2.56. The normalized spacial score (nSPS) is 9.91. The Labute approximate surface area is 137 Å². The van der Waals surface area contributed by atoms with E-state index in [9.17, 15) is 4.79 Å². The zero-order chi connectivity index (χ0) is 16.7. The van der Waals surface area contributed by atoms with E-state index in [0.717, 1.165) is 5.75 Å². The van der Waals surface area contributed by atoms with Crippen molar-refractivity contribution in [2.75, 3.05) is 23.9 Å². The second-order valence-corrected chi connectivity index (χ2v) is 5.50. The number of carbonyl (C=O) groups excluding carboxylic acids is 1. The molecule has 0 aliphatic heterocycles. The number of nitrogen functional groups attached to an aromatic ring is 1. The number of nitrogens with one attached hydrogen (secondary N) is 1. The molecule has 118 valence electrons. The van der Waals surface area contributed by atoms with Crippen LogP contribution in [0.4, 0.5) is 11.5 Å². The number of carbonyl (C=O) groups is 1. The summed E-state index contributed by atoms with van der Waals surface area (Å²) in [6.07, 6.45) is 1.68. The zero-order valence-corrected chi connectivity index (χ0v) is 13.3. The van der Waals surface area contributed by atoms with Crippen LogP contribution in [0.3, 0.4) is 0 Å². The highest BCUT2D eigenvalue weighted by Crippen LogP contribution is 2.18. The summed E-state index contributed by atoms with van der Waals surface area (Å²) in [4.78, 5) is 19.9. The number of amides is 1. The molecule has 1 amide bonds. The van der Waals surface area contributed by atoms with Gasteiger partial charge >= 0.3 is 0 Å². The van der Waals surface area contributed by atoms with Crippen LogP contribution in [0, 0.1) is 11.3 Å². The number of thioether (sulfide) groups is 1. The first kappa shape index (κ1) is 16.6. The quantitative estimate of drug-likeness (QED) is 0.616. The Hall–Kier alpha value is -2.79. The van der Waals surface area contributed by atoms with Crippen molar-refractivity contribution >= 4 is 29.2 Å². The maximum absolute atomic E-state index is 11.9. The maximum Gasteiger partial charge on any atom is 0.225 e. The van der Waals surface area contributed by atoms with E-state index in [2.05, 4.69) is 15.3 Å². The van der Waals surface area contributed by atoms with Crippen molar-refractivity contribution in [2.45, 2.75) is 11.6 Å². The summed E-state index contributed by atoms with van der Waals surface area (Å²) in [6, 6.07) is 9.00. The largest absolute Gasteiger partial charge is 0.497 e. The summed E-state index contributed by atoms with van der Waals surface area (Å²) in [6.45, 7) is 0. The van der Waals surface area contributed by atoms with Gasteiger partial charge in [0.15, 0.2) is 5.16 Å². The molecule has 0 fully saturated rings. The van der Waals surface area contributed by atoms with Crippen LogP contribution in [0.2, 0.25) is 0 Å². The maximum atomic E-state index is 11.9. The second kappa shape index (κ2) is 8.00. The Bertz CT molecular complexity index is 728. The molecule has 2 rings (SSSR count). The van der Waals surface area contributed by atoms with Gasteiger partial charge in [0.1, 0.15) is 23.2 Å². The highest BCUT2D eigenvalue weighted by molar-refractivity contribution is 7.99. The van der Waals surface area contributed by atoms with Crippen LogP contribution in [-0.4, -0.2) is 28.7 Å². The Morgan fingerprint density at radius 3 is 2.78 bits per heavy atom. The molecular weight excluding hydrogens is 314 g/mol. The molecule has 0 radical (unpaired) electrons. The highest BCUT2D eigenvalue weighted by Gasteiger charge is 2.07. The van der Waals surface area contributed by atoms with Gasteiger partial charge < -0.3 is 15.8 Å². The molecule has 3 N–H and O–H groups in total. The molecule has 0 aliphatic rings. The van der Waals surface area contributed by atoms with Crippen LogP contribution in [0.5, 0.6) is 5.75 Å². The van der Waals surface area contributed by atoms with Crippen LogP contribution in [0.25, 0.3) is 0 Å². The van der Waals surface area contributed by atoms with Gasteiger partial charge in [0.25, 0.3) is 0 Å². The number of anilines is 2. The fourth-order valence-electron chi connectivity index (χ4n) is 1.67. The number of aromatic nitrogens is 2. The zero-order valence-electron chi connectivity index (χ0n) is 12.4. The third-order valence-corrected chi connectivity index (χ3v) is 3.71. The lowest BCUT2D eigenvalue weighted by Crippen LogP contribution is -2.12. The first-order chi connectivity index (χ1) is 11.1. The van der Waals surface area contributed by atoms with E-state index in [1.165, 1.54) is 18.0 Å². The molecule has 0 saturated carbocycles. The van der Waals surface area contributed by atoms with Gasteiger partial charge in [-0.25, -0.2) is 9.97 Å². The fraction of sp³-hybridized carbons (Fsp3) is 0.200. The average molecular weight is 329 g/mol. The van der Waals surface area contributed by atoms with Crippen LogP contribution >= 0.6 is 11.8 Å². The molecule has 0 atom stereocenters. The highest BCUT2D eigenvalue weighted by atomic mass is 32.2. The van der Waals surface area contributed by atoms with Gasteiger partial charge in [-0.15, -0.1) is 0 Å². The van der Waals surface area contributed by atoms with Crippen molar-refractivity contribution in [2.24, 2.45) is 0 Å². The van der Waals surface area contributed by atoms with Gasteiger partial charge in [-0.05, 0) is 24.3 Å². The van der Waals surface area contributed by atoms with E-state index in [4.69, 9.17) is 15.7 Å². The van der Waals surface area contributed by atoms with Crippen molar-refractivity contribution in [3.8, 4) is 11.8 Å². The van der Waals surface area contributed by atoms with E-state index in [-0.39, 0.29) is 17.3 Å². The van der Waals surface area contributed by atoms with Crippen LogP contribution in [0.1, 0.15) is 12.0 Å². The topological polar surface area (TPSA) is 114 Å². The van der Waals surface area contributed by atoms with Gasteiger partial charge in [0.05, 0.1) is 13.3 Å². The van der Waals surface area contributed by atoms with Crippen molar-refractivity contribution in [1.29, 1.82) is 5.26 Å². The third-order valence-electron chi connectivity index (χ3n) is 2.85. The number of benzene rings is 1. The lowest BCUT2D eigenvalue weighted by Gasteiger charge is -2.06. The van der Waals surface area contributed by atoms with Crippen molar-refractivity contribution < 1.29 is 9.53 Å². The molecule has 0 bridgehead atoms. The van der Waals surface area contributed by atoms with Gasteiger partial charge in [0, 0.05) is 17.9 Å². The minimum atomic E-state index is -0.107. The van der Waals surface area contributed by atoms with E-state index < -0.39 is 0 Å². The number of methoxy groups -OCH3 is 1. The van der Waals surface area contributed by atoms with E-state index >= 15 is 0 Å². The summed E-state index contributed by atoms with van der Waals surface area (Å²) in [7, 11) is 1.59. The molecular formula is C15H15N5O2S. The lowest BCUT2D eigenvalue weighted by atomic mass is 10.3. The summed E-state index contributed by atoms with van der Waals surface area (Å²) in [5.74, 6) is 1.28. The monoisotopic (exact) mass is 329 g/mol. The molecule has 0 saturated heterocycles. The number of nitriles is 1. The fourth-order valence-corrected chi connectivity index (χ4v) is 2.43. The Kier molecular flexibility index (Phi) is 5.77. The SMILES string of the molecule is COc1ccc(NC(=O)CCSc2ncc(C#N)c(N)n2)cc1. The van der Waals surface area contributed by atoms with Gasteiger partial charge in [-0.2, -0.15) is 5.26 Å². The number of hydrogen-bond acceptors (Lipinski definition) is 7. The summed E-state index contributed by atoms with van der Waals surface area (Å²) in [5, 5.41) is 12.0. The number of ether oxygens (including phenoxy) is 1. The molecule has 23 heavy (non-hydrogen) atoms. The Morgan fingerprint density at radius 1 is 1.43 bits per heavy atom. The molecule has 2 aromatic rings.